The molecule has 0 spiro atoms. The fourth-order valence-electron chi connectivity index (χ4n) is 2.00. The van der Waals surface area contributed by atoms with Gasteiger partial charge in [0.2, 0.25) is 0 Å². The average molecular weight is 292 g/mol. The molecule has 0 amide bonds. The number of imidazole rings is 2. The second-order valence-electron chi connectivity index (χ2n) is 4.04. The number of fused-ring (bicyclic) bond motifs is 2. The Labute approximate surface area is 141 Å². The molecule has 11 heteroatoms. The molecule has 100 valence electrons. The zero-order valence-corrected chi connectivity index (χ0v) is 13.0. The second kappa shape index (κ2) is 4.91. The SMILES string of the molecule is Nc1ncnc2c1ncn2-n1cnc2c(N)ncnc21.[H-].[Na+]. The van der Waals surface area contributed by atoms with Crippen molar-refractivity contribution in [2.24, 2.45) is 0 Å². The molecule has 0 radical (unpaired) electrons. The number of aromatic nitrogens is 8. The topological polar surface area (TPSA) is 139 Å². The van der Waals surface area contributed by atoms with Crippen molar-refractivity contribution in [2.75, 3.05) is 11.5 Å². The summed E-state index contributed by atoms with van der Waals surface area (Å²) in [5.74, 6) is 0.625. The van der Waals surface area contributed by atoms with E-state index in [4.69, 9.17) is 11.5 Å². The first-order valence-electron chi connectivity index (χ1n) is 5.63. The smallest absolute Gasteiger partial charge is 1.00 e. The van der Waals surface area contributed by atoms with Gasteiger partial charge in [-0.05, 0) is 0 Å². The molecule has 0 saturated carbocycles. The molecule has 4 heterocycles. The number of nitrogens with two attached hydrogens (primary N) is 2. The van der Waals surface area contributed by atoms with Crippen LogP contribution in [0.1, 0.15) is 1.43 Å². The van der Waals surface area contributed by atoms with Crippen molar-refractivity contribution >= 4 is 34.0 Å². The van der Waals surface area contributed by atoms with Crippen LogP contribution in [0.3, 0.4) is 0 Å². The molecule has 0 saturated heterocycles. The fourth-order valence-corrected chi connectivity index (χ4v) is 2.00. The maximum Gasteiger partial charge on any atom is 1.00 e. The van der Waals surface area contributed by atoms with Gasteiger partial charge in [0.15, 0.2) is 34.0 Å². The Hall–Kier alpha value is -2.30. The summed E-state index contributed by atoms with van der Waals surface area (Å²) >= 11 is 0. The summed E-state index contributed by atoms with van der Waals surface area (Å²) in [6, 6.07) is 0. The Morgan fingerprint density at radius 1 is 0.714 bits per heavy atom. The third-order valence-electron chi connectivity index (χ3n) is 2.92. The van der Waals surface area contributed by atoms with E-state index in [1.165, 1.54) is 12.7 Å². The minimum Gasteiger partial charge on any atom is -1.00 e. The minimum atomic E-state index is 0. The molecule has 10 nitrogen and oxygen atoms in total. The van der Waals surface area contributed by atoms with Crippen LogP contribution in [-0.4, -0.2) is 39.3 Å². The summed E-state index contributed by atoms with van der Waals surface area (Å²) in [5.41, 5.74) is 13.6. The zero-order chi connectivity index (χ0) is 13.7. The van der Waals surface area contributed by atoms with Gasteiger partial charge in [-0.2, -0.15) is 0 Å². The fraction of sp³-hybridized carbons (Fsp3) is 0. The first-order valence-corrected chi connectivity index (χ1v) is 5.63. The number of anilines is 2. The molecule has 21 heavy (non-hydrogen) atoms. The summed E-state index contributed by atoms with van der Waals surface area (Å²) < 4.78 is 3.32. The quantitative estimate of drug-likeness (QED) is 0.345. The predicted molar refractivity (Wildman–Crippen MR) is 71.4 cm³/mol. The second-order valence-corrected chi connectivity index (χ2v) is 4.04. The summed E-state index contributed by atoms with van der Waals surface area (Å²) in [6.45, 7) is 0. The van der Waals surface area contributed by atoms with Crippen molar-refractivity contribution in [1.82, 2.24) is 39.3 Å². The molecule has 0 aliphatic heterocycles. The minimum absolute atomic E-state index is 0. The van der Waals surface area contributed by atoms with Crippen LogP contribution in [0.25, 0.3) is 22.3 Å². The molecule has 0 aromatic carbocycles. The number of nitrogens with zero attached hydrogens (tertiary/aromatic N) is 8. The Kier molecular flexibility index (Phi) is 3.20. The third kappa shape index (κ3) is 1.92. The van der Waals surface area contributed by atoms with Gasteiger partial charge in [0.1, 0.15) is 25.3 Å². The Morgan fingerprint density at radius 3 is 1.57 bits per heavy atom. The van der Waals surface area contributed by atoms with E-state index in [1.54, 1.807) is 22.0 Å². The van der Waals surface area contributed by atoms with Gasteiger partial charge in [0, 0.05) is 0 Å². The molecule has 0 aliphatic carbocycles. The molecule has 4 aromatic heterocycles. The van der Waals surface area contributed by atoms with Crippen LogP contribution in [0.15, 0.2) is 25.3 Å². The van der Waals surface area contributed by atoms with Crippen molar-refractivity contribution in [3.63, 3.8) is 0 Å². The van der Waals surface area contributed by atoms with E-state index in [0.717, 1.165) is 0 Å². The Morgan fingerprint density at radius 2 is 1.14 bits per heavy atom. The standard InChI is InChI=1S/C10H8N10.Na.H/c11-7-5-9(15-1-13-7)19(3-17-5)20-4-18-6-8(12)14-2-16-10(6)20;;/h1-4H,(H2,11,13,15)(H2,12,14,16);;/q;+1;-1. The number of nitrogen functional groups attached to an aromatic ring is 2. The largest absolute Gasteiger partial charge is 1.00 e. The van der Waals surface area contributed by atoms with Crippen molar-refractivity contribution in [2.45, 2.75) is 0 Å². The van der Waals surface area contributed by atoms with Crippen molar-refractivity contribution in [1.29, 1.82) is 0 Å². The van der Waals surface area contributed by atoms with Crippen molar-refractivity contribution in [3.8, 4) is 0 Å². The van der Waals surface area contributed by atoms with Gasteiger partial charge < -0.3 is 12.9 Å². The van der Waals surface area contributed by atoms with Crippen LogP contribution >= 0.6 is 0 Å². The summed E-state index contributed by atoms with van der Waals surface area (Å²) in [5, 5.41) is 0. The third-order valence-corrected chi connectivity index (χ3v) is 2.92. The van der Waals surface area contributed by atoms with E-state index < -0.39 is 0 Å². The van der Waals surface area contributed by atoms with E-state index >= 15 is 0 Å². The number of rotatable bonds is 1. The monoisotopic (exact) mass is 292 g/mol. The van der Waals surface area contributed by atoms with Gasteiger partial charge in [-0.25, -0.2) is 39.3 Å². The molecular formula is C10H9N10Na. The molecule has 4 rings (SSSR count). The van der Waals surface area contributed by atoms with Gasteiger partial charge in [-0.1, -0.05) is 0 Å². The number of hydrogen-bond donors (Lipinski definition) is 2. The Balaban J connectivity index is 0.000000882. The van der Waals surface area contributed by atoms with Gasteiger partial charge in [-0.15, -0.1) is 0 Å². The van der Waals surface area contributed by atoms with E-state index in [9.17, 15) is 0 Å². The maximum absolute atomic E-state index is 5.76. The number of hydrogen-bond acceptors (Lipinski definition) is 8. The molecular weight excluding hydrogens is 283 g/mol. The molecule has 0 aliphatic rings. The average Bonchev–Trinajstić information content (AvgIpc) is 3.03. The van der Waals surface area contributed by atoms with E-state index in [-0.39, 0.29) is 31.0 Å². The van der Waals surface area contributed by atoms with E-state index in [2.05, 4.69) is 29.9 Å². The van der Waals surface area contributed by atoms with Gasteiger partial charge in [0.25, 0.3) is 0 Å². The normalized spacial score (nSPS) is 10.9. The summed E-state index contributed by atoms with van der Waals surface area (Å²) in [4.78, 5) is 24.5. The van der Waals surface area contributed by atoms with Crippen LogP contribution in [0.2, 0.25) is 0 Å². The van der Waals surface area contributed by atoms with Gasteiger partial charge >= 0.3 is 29.6 Å². The molecule has 0 fully saturated rings. The van der Waals surface area contributed by atoms with Crippen LogP contribution in [0.5, 0.6) is 0 Å². The maximum atomic E-state index is 5.76. The predicted octanol–water partition coefficient (Wildman–Crippen LogP) is -3.44. The van der Waals surface area contributed by atoms with Crippen LogP contribution < -0.4 is 41.0 Å². The van der Waals surface area contributed by atoms with Crippen LogP contribution in [-0.2, 0) is 0 Å². The van der Waals surface area contributed by atoms with Crippen molar-refractivity contribution in [3.05, 3.63) is 25.3 Å². The zero-order valence-electron chi connectivity index (χ0n) is 12.0. The summed E-state index contributed by atoms with van der Waals surface area (Å²) in [6.07, 6.45) is 5.88. The summed E-state index contributed by atoms with van der Waals surface area (Å²) in [7, 11) is 0. The van der Waals surface area contributed by atoms with Gasteiger partial charge in [0.05, 0.1) is 0 Å². The molecule has 0 bridgehead atoms. The van der Waals surface area contributed by atoms with Crippen LogP contribution in [0, 0.1) is 0 Å². The molecule has 4 N–H and O–H groups in total. The molecule has 4 aromatic rings. The first-order chi connectivity index (χ1) is 9.75. The molecule has 0 unspecified atom stereocenters. The Bertz CT molecular complexity index is 869. The molecule has 0 atom stereocenters. The first kappa shape index (κ1) is 13.7. The van der Waals surface area contributed by atoms with E-state index in [1.807, 2.05) is 0 Å². The van der Waals surface area contributed by atoms with Crippen LogP contribution in [0.4, 0.5) is 11.6 Å². The van der Waals surface area contributed by atoms with E-state index in [0.29, 0.717) is 34.0 Å². The van der Waals surface area contributed by atoms with Gasteiger partial charge in [-0.3, -0.25) is 0 Å². The van der Waals surface area contributed by atoms with Crippen molar-refractivity contribution < 1.29 is 31.0 Å².